The van der Waals surface area contributed by atoms with Crippen LogP contribution in [-0.2, 0) is 10.0 Å². The Hall–Kier alpha value is -1.60. The zero-order valence-corrected chi connectivity index (χ0v) is 13.3. The predicted molar refractivity (Wildman–Crippen MR) is 80.5 cm³/mol. The number of nitrogens with one attached hydrogen (secondary N) is 1. The molecule has 0 bridgehead atoms. The zero-order valence-electron chi connectivity index (χ0n) is 10.9. The van der Waals surface area contributed by atoms with E-state index in [-0.39, 0.29) is 4.90 Å². The number of pyridine rings is 1. The lowest BCUT2D eigenvalue weighted by molar-refractivity contribution is 0.411. The van der Waals surface area contributed by atoms with E-state index in [4.69, 9.17) is 4.74 Å². The van der Waals surface area contributed by atoms with Crippen molar-refractivity contribution in [3.05, 3.63) is 46.7 Å². The molecule has 0 radical (unpaired) electrons. The molecule has 0 aliphatic rings. The van der Waals surface area contributed by atoms with Gasteiger partial charge in [0.1, 0.15) is 5.75 Å². The van der Waals surface area contributed by atoms with E-state index in [1.165, 1.54) is 19.2 Å². The first-order valence-corrected chi connectivity index (χ1v) is 7.99. The van der Waals surface area contributed by atoms with Gasteiger partial charge in [0.25, 0.3) is 10.0 Å². The largest absolute Gasteiger partial charge is 0.496 e. The lowest BCUT2D eigenvalue weighted by atomic mass is 10.3. The summed E-state index contributed by atoms with van der Waals surface area (Å²) >= 11 is 3.27. The molecule has 0 aliphatic carbocycles. The van der Waals surface area contributed by atoms with Crippen LogP contribution in [0.25, 0.3) is 0 Å². The van der Waals surface area contributed by atoms with Crippen molar-refractivity contribution in [2.24, 2.45) is 0 Å². The number of hydrogen-bond donors (Lipinski definition) is 1. The van der Waals surface area contributed by atoms with Crippen LogP contribution < -0.4 is 9.46 Å². The summed E-state index contributed by atoms with van der Waals surface area (Å²) in [5, 5.41) is 0. The van der Waals surface area contributed by atoms with Gasteiger partial charge in [-0.15, -0.1) is 0 Å². The predicted octanol–water partition coefficient (Wildman–Crippen LogP) is 2.96. The minimum absolute atomic E-state index is 0.152. The van der Waals surface area contributed by atoms with Crippen LogP contribution in [-0.4, -0.2) is 20.5 Å². The summed E-state index contributed by atoms with van der Waals surface area (Å²) in [4.78, 5) is 4.17. The fraction of sp³-hybridized carbons (Fsp3) is 0.154. The SMILES string of the molecule is COc1ccc(S(=O)(=O)Nc2ccnc(C)c2)cc1Br. The monoisotopic (exact) mass is 356 g/mol. The summed E-state index contributed by atoms with van der Waals surface area (Å²) in [7, 11) is -2.12. The van der Waals surface area contributed by atoms with Gasteiger partial charge in [0, 0.05) is 11.9 Å². The highest BCUT2D eigenvalue weighted by Crippen LogP contribution is 2.28. The van der Waals surface area contributed by atoms with Gasteiger partial charge in [-0.1, -0.05) is 0 Å². The van der Waals surface area contributed by atoms with E-state index in [1.54, 1.807) is 31.3 Å². The van der Waals surface area contributed by atoms with E-state index in [1.807, 2.05) is 0 Å². The Morgan fingerprint density at radius 2 is 2.00 bits per heavy atom. The highest BCUT2D eigenvalue weighted by atomic mass is 79.9. The number of ether oxygens (including phenoxy) is 1. The highest BCUT2D eigenvalue weighted by Gasteiger charge is 2.16. The lowest BCUT2D eigenvalue weighted by Crippen LogP contribution is -2.13. The molecule has 1 aromatic heterocycles. The molecule has 0 spiro atoms. The number of aryl methyl sites for hydroxylation is 1. The average Bonchev–Trinajstić information content (AvgIpc) is 2.38. The van der Waals surface area contributed by atoms with Crippen LogP contribution in [0.1, 0.15) is 5.69 Å². The molecule has 106 valence electrons. The molecule has 0 saturated heterocycles. The van der Waals surface area contributed by atoms with E-state index in [0.29, 0.717) is 15.9 Å². The number of hydrogen-bond acceptors (Lipinski definition) is 4. The van der Waals surface area contributed by atoms with Crippen molar-refractivity contribution in [2.45, 2.75) is 11.8 Å². The maximum absolute atomic E-state index is 12.3. The van der Waals surface area contributed by atoms with Crippen molar-refractivity contribution in [3.63, 3.8) is 0 Å². The number of benzene rings is 1. The lowest BCUT2D eigenvalue weighted by Gasteiger charge is -2.10. The van der Waals surface area contributed by atoms with Gasteiger partial charge >= 0.3 is 0 Å². The van der Waals surface area contributed by atoms with Crippen LogP contribution in [0.5, 0.6) is 5.75 Å². The second kappa shape index (κ2) is 5.80. The van der Waals surface area contributed by atoms with Gasteiger partial charge in [0.2, 0.25) is 0 Å². The molecule has 2 rings (SSSR count). The van der Waals surface area contributed by atoms with Gasteiger partial charge in [0.15, 0.2) is 0 Å². The van der Waals surface area contributed by atoms with E-state index in [0.717, 1.165) is 5.69 Å². The molecule has 0 fully saturated rings. The maximum atomic E-state index is 12.3. The Balaban J connectivity index is 2.33. The molecule has 0 amide bonds. The second-order valence-electron chi connectivity index (χ2n) is 4.09. The first kappa shape index (κ1) is 14.8. The fourth-order valence-corrected chi connectivity index (χ4v) is 3.40. The van der Waals surface area contributed by atoms with Crippen molar-refractivity contribution in [1.29, 1.82) is 0 Å². The van der Waals surface area contributed by atoms with Gasteiger partial charge < -0.3 is 4.74 Å². The molecule has 7 heteroatoms. The topological polar surface area (TPSA) is 68.3 Å². The number of rotatable bonds is 4. The number of aromatic nitrogens is 1. The highest BCUT2D eigenvalue weighted by molar-refractivity contribution is 9.10. The van der Waals surface area contributed by atoms with E-state index in [2.05, 4.69) is 25.6 Å². The van der Waals surface area contributed by atoms with Crippen LogP contribution in [0.3, 0.4) is 0 Å². The summed E-state index contributed by atoms with van der Waals surface area (Å²) in [6.45, 7) is 1.79. The van der Waals surface area contributed by atoms with Crippen LogP contribution in [0.4, 0.5) is 5.69 Å². The van der Waals surface area contributed by atoms with E-state index >= 15 is 0 Å². The molecule has 1 N–H and O–H groups in total. The molecular formula is C13H13BrN2O3S. The zero-order chi connectivity index (χ0) is 14.8. The third-order valence-corrected chi connectivity index (χ3v) is 4.58. The Kier molecular flexibility index (Phi) is 4.29. The molecule has 2 aromatic rings. The quantitative estimate of drug-likeness (QED) is 0.914. The second-order valence-corrected chi connectivity index (χ2v) is 6.62. The van der Waals surface area contributed by atoms with E-state index < -0.39 is 10.0 Å². The average molecular weight is 357 g/mol. The number of halogens is 1. The standard InChI is InChI=1S/C13H13BrN2O3S/c1-9-7-10(5-6-15-9)16-20(17,18)11-3-4-13(19-2)12(14)8-11/h3-8H,1-2H3,(H,15,16). The van der Waals surface area contributed by atoms with Crippen LogP contribution >= 0.6 is 15.9 Å². The number of sulfonamides is 1. The summed E-state index contributed by atoms with van der Waals surface area (Å²) in [6.07, 6.45) is 1.55. The number of nitrogens with zero attached hydrogens (tertiary/aromatic N) is 1. The molecule has 1 aromatic carbocycles. The molecule has 0 unspecified atom stereocenters. The maximum Gasteiger partial charge on any atom is 0.261 e. The first-order valence-electron chi connectivity index (χ1n) is 5.71. The molecule has 0 atom stereocenters. The molecule has 0 aliphatic heterocycles. The minimum atomic E-state index is -3.64. The van der Waals surface area contributed by atoms with Gasteiger partial charge in [-0.2, -0.15) is 0 Å². The molecule has 20 heavy (non-hydrogen) atoms. The van der Waals surface area contributed by atoms with Crippen LogP contribution in [0.2, 0.25) is 0 Å². The normalized spacial score (nSPS) is 11.2. The number of anilines is 1. The molecule has 0 saturated carbocycles. The van der Waals surface area contributed by atoms with Gasteiger partial charge in [-0.05, 0) is 53.2 Å². The summed E-state index contributed by atoms with van der Waals surface area (Å²) in [5.74, 6) is 0.573. The Morgan fingerprint density at radius 3 is 2.60 bits per heavy atom. The molecular weight excluding hydrogens is 344 g/mol. The summed E-state index contributed by atoms with van der Waals surface area (Å²) in [5.41, 5.74) is 1.21. The molecule has 5 nitrogen and oxygen atoms in total. The Bertz CT molecular complexity index is 732. The van der Waals surface area contributed by atoms with Gasteiger partial charge in [-0.25, -0.2) is 8.42 Å². The van der Waals surface area contributed by atoms with Crippen molar-refractivity contribution in [1.82, 2.24) is 4.98 Å². The minimum Gasteiger partial charge on any atom is -0.496 e. The van der Waals surface area contributed by atoms with Gasteiger partial charge in [-0.3, -0.25) is 9.71 Å². The van der Waals surface area contributed by atoms with Gasteiger partial charge in [0.05, 0.1) is 22.2 Å². The number of methoxy groups -OCH3 is 1. The van der Waals surface area contributed by atoms with Crippen molar-refractivity contribution in [3.8, 4) is 5.75 Å². The summed E-state index contributed by atoms with van der Waals surface area (Å²) < 4.78 is 32.7. The fourth-order valence-electron chi connectivity index (χ4n) is 1.64. The Labute approximate surface area is 126 Å². The van der Waals surface area contributed by atoms with Crippen LogP contribution in [0, 0.1) is 6.92 Å². The Morgan fingerprint density at radius 1 is 1.25 bits per heavy atom. The third kappa shape index (κ3) is 3.29. The van der Waals surface area contributed by atoms with Crippen molar-refractivity contribution >= 4 is 31.6 Å². The smallest absolute Gasteiger partial charge is 0.261 e. The first-order chi connectivity index (χ1) is 9.42. The van der Waals surface area contributed by atoms with E-state index in [9.17, 15) is 8.42 Å². The van der Waals surface area contributed by atoms with Crippen molar-refractivity contribution < 1.29 is 13.2 Å². The van der Waals surface area contributed by atoms with Crippen LogP contribution in [0.15, 0.2) is 45.9 Å². The molecule has 1 heterocycles. The van der Waals surface area contributed by atoms with Crippen molar-refractivity contribution in [2.75, 3.05) is 11.8 Å². The third-order valence-electron chi connectivity index (χ3n) is 2.58. The summed E-state index contributed by atoms with van der Waals surface area (Å²) in [6, 6.07) is 7.84.